The van der Waals surface area contributed by atoms with Crippen LogP contribution in [0.5, 0.6) is 0 Å². The lowest BCUT2D eigenvalue weighted by atomic mass is 10.1. The van der Waals surface area contributed by atoms with Gasteiger partial charge in [-0.05, 0) is 62.6 Å². The van der Waals surface area contributed by atoms with Crippen LogP contribution in [0.25, 0.3) is 0 Å². The Morgan fingerprint density at radius 3 is 2.72 bits per heavy atom. The van der Waals surface area contributed by atoms with Gasteiger partial charge < -0.3 is 19.7 Å². The maximum atomic E-state index is 12.7. The van der Waals surface area contributed by atoms with E-state index in [1.807, 2.05) is 4.90 Å². The third kappa shape index (κ3) is 4.09. The van der Waals surface area contributed by atoms with Gasteiger partial charge in [-0.25, -0.2) is 0 Å². The quantitative estimate of drug-likeness (QED) is 0.875. The summed E-state index contributed by atoms with van der Waals surface area (Å²) in [6, 6.07) is 10.1. The largest absolute Gasteiger partial charge is 0.459 e. The summed E-state index contributed by atoms with van der Waals surface area (Å²) in [6.45, 7) is 2.46. The molecule has 132 valence electrons. The van der Waals surface area contributed by atoms with Gasteiger partial charge in [-0.3, -0.25) is 9.59 Å². The first kappa shape index (κ1) is 17.2. The lowest BCUT2D eigenvalue weighted by molar-refractivity contribution is 0.0682. The van der Waals surface area contributed by atoms with Gasteiger partial charge in [0.2, 0.25) is 0 Å². The van der Waals surface area contributed by atoms with Gasteiger partial charge in [-0.15, -0.1) is 0 Å². The van der Waals surface area contributed by atoms with E-state index < -0.39 is 6.10 Å². The van der Waals surface area contributed by atoms with Gasteiger partial charge in [0, 0.05) is 23.8 Å². The Labute approximate surface area is 146 Å². The standard InChI is InChI=1S/C19H22N2O4/c1-13(22)12-16-4-2-10-21(16)19(24)14-6-8-15(9-7-14)20-18(23)17-5-3-11-25-17/h3,5-9,11,13,16,22H,2,4,10,12H2,1H3,(H,20,23). The fourth-order valence-electron chi connectivity index (χ4n) is 3.20. The molecule has 1 saturated heterocycles. The topological polar surface area (TPSA) is 82.8 Å². The molecule has 1 aromatic heterocycles. The summed E-state index contributed by atoms with van der Waals surface area (Å²) >= 11 is 0. The third-order valence-electron chi connectivity index (χ3n) is 4.39. The summed E-state index contributed by atoms with van der Waals surface area (Å²) in [6.07, 6.45) is 3.51. The zero-order valence-electron chi connectivity index (χ0n) is 14.1. The van der Waals surface area contributed by atoms with E-state index in [4.69, 9.17) is 4.42 Å². The number of aliphatic hydroxyl groups is 1. The first-order valence-electron chi connectivity index (χ1n) is 8.48. The van der Waals surface area contributed by atoms with Gasteiger partial charge in [0.15, 0.2) is 5.76 Å². The van der Waals surface area contributed by atoms with E-state index in [9.17, 15) is 14.7 Å². The highest BCUT2D eigenvalue weighted by Gasteiger charge is 2.30. The molecule has 2 N–H and O–H groups in total. The fraction of sp³-hybridized carbons (Fsp3) is 0.368. The van der Waals surface area contributed by atoms with Crippen molar-refractivity contribution in [3.8, 4) is 0 Å². The number of amides is 2. The summed E-state index contributed by atoms with van der Waals surface area (Å²) in [5.74, 6) is -0.133. The molecular weight excluding hydrogens is 320 g/mol. The van der Waals surface area contributed by atoms with E-state index in [1.54, 1.807) is 43.3 Å². The van der Waals surface area contributed by atoms with Crippen LogP contribution >= 0.6 is 0 Å². The molecule has 25 heavy (non-hydrogen) atoms. The number of furan rings is 1. The average molecular weight is 342 g/mol. The van der Waals surface area contributed by atoms with Crippen LogP contribution in [0.15, 0.2) is 47.1 Å². The van der Waals surface area contributed by atoms with Crippen LogP contribution in [0, 0.1) is 0 Å². The summed E-state index contributed by atoms with van der Waals surface area (Å²) < 4.78 is 5.05. The molecule has 0 saturated carbocycles. The molecular formula is C19H22N2O4. The van der Waals surface area contributed by atoms with Crippen LogP contribution in [0.3, 0.4) is 0 Å². The number of nitrogens with one attached hydrogen (secondary N) is 1. The molecule has 2 atom stereocenters. The second-order valence-electron chi connectivity index (χ2n) is 6.39. The lowest BCUT2D eigenvalue weighted by Crippen LogP contribution is -2.37. The van der Waals surface area contributed by atoms with Crippen LogP contribution in [-0.2, 0) is 0 Å². The zero-order valence-corrected chi connectivity index (χ0v) is 14.1. The molecule has 0 aliphatic carbocycles. The smallest absolute Gasteiger partial charge is 0.291 e. The van der Waals surface area contributed by atoms with Gasteiger partial charge in [-0.2, -0.15) is 0 Å². The van der Waals surface area contributed by atoms with E-state index in [0.29, 0.717) is 24.2 Å². The van der Waals surface area contributed by atoms with Gasteiger partial charge >= 0.3 is 0 Å². The van der Waals surface area contributed by atoms with Crippen LogP contribution in [0.1, 0.15) is 47.1 Å². The third-order valence-corrected chi connectivity index (χ3v) is 4.39. The minimum atomic E-state index is -0.419. The Kier molecular flexibility index (Phi) is 5.19. The number of hydrogen-bond donors (Lipinski definition) is 2. The SMILES string of the molecule is CC(O)CC1CCCN1C(=O)c1ccc(NC(=O)c2ccco2)cc1. The van der Waals surface area contributed by atoms with E-state index >= 15 is 0 Å². The first-order chi connectivity index (χ1) is 12.0. The number of anilines is 1. The molecule has 2 heterocycles. The Morgan fingerprint density at radius 2 is 2.08 bits per heavy atom. The number of aliphatic hydroxyl groups excluding tert-OH is 1. The van der Waals surface area contributed by atoms with Crippen molar-refractivity contribution in [2.75, 3.05) is 11.9 Å². The molecule has 6 nitrogen and oxygen atoms in total. The number of carbonyl (C=O) groups is 2. The Morgan fingerprint density at radius 1 is 1.32 bits per heavy atom. The van der Waals surface area contributed by atoms with E-state index in [-0.39, 0.29) is 23.6 Å². The number of nitrogens with zero attached hydrogens (tertiary/aromatic N) is 1. The molecule has 2 aromatic rings. The Balaban J connectivity index is 1.65. The van der Waals surface area contributed by atoms with Crippen molar-refractivity contribution in [1.82, 2.24) is 4.90 Å². The number of likely N-dealkylation sites (tertiary alicyclic amines) is 1. The van der Waals surface area contributed by atoms with Crippen molar-refractivity contribution in [1.29, 1.82) is 0 Å². The van der Waals surface area contributed by atoms with Crippen LogP contribution in [-0.4, -0.2) is 40.5 Å². The van der Waals surface area contributed by atoms with Crippen molar-refractivity contribution in [2.24, 2.45) is 0 Å². The molecule has 1 aliphatic rings. The van der Waals surface area contributed by atoms with Crippen molar-refractivity contribution in [3.05, 3.63) is 54.0 Å². The lowest BCUT2D eigenvalue weighted by Gasteiger charge is -2.25. The van der Waals surface area contributed by atoms with Crippen molar-refractivity contribution < 1.29 is 19.1 Å². The molecule has 1 aromatic carbocycles. The zero-order chi connectivity index (χ0) is 17.8. The summed E-state index contributed by atoms with van der Waals surface area (Å²) in [4.78, 5) is 26.5. The molecule has 2 amide bonds. The fourth-order valence-corrected chi connectivity index (χ4v) is 3.20. The molecule has 1 aliphatic heterocycles. The first-order valence-corrected chi connectivity index (χ1v) is 8.48. The highest BCUT2D eigenvalue weighted by atomic mass is 16.3. The molecule has 3 rings (SSSR count). The van der Waals surface area contributed by atoms with E-state index in [0.717, 1.165) is 12.8 Å². The van der Waals surface area contributed by atoms with Gasteiger partial charge in [0.05, 0.1) is 12.4 Å². The Hall–Kier alpha value is -2.60. The van der Waals surface area contributed by atoms with Crippen molar-refractivity contribution in [2.45, 2.75) is 38.3 Å². The molecule has 0 radical (unpaired) electrons. The number of carbonyl (C=O) groups excluding carboxylic acids is 2. The van der Waals surface area contributed by atoms with Gasteiger partial charge in [0.25, 0.3) is 11.8 Å². The second kappa shape index (κ2) is 7.53. The number of benzene rings is 1. The maximum Gasteiger partial charge on any atom is 0.291 e. The summed E-state index contributed by atoms with van der Waals surface area (Å²) in [7, 11) is 0. The van der Waals surface area contributed by atoms with E-state index in [2.05, 4.69) is 5.32 Å². The number of rotatable bonds is 5. The van der Waals surface area contributed by atoms with Crippen LogP contribution in [0.2, 0.25) is 0 Å². The highest BCUT2D eigenvalue weighted by Crippen LogP contribution is 2.24. The molecule has 1 fully saturated rings. The number of hydrogen-bond acceptors (Lipinski definition) is 4. The maximum absolute atomic E-state index is 12.7. The predicted octanol–water partition coefficient (Wildman–Crippen LogP) is 2.91. The van der Waals surface area contributed by atoms with Gasteiger partial charge in [-0.1, -0.05) is 0 Å². The minimum absolute atomic E-state index is 0.0351. The second-order valence-corrected chi connectivity index (χ2v) is 6.39. The predicted molar refractivity (Wildman–Crippen MR) is 93.5 cm³/mol. The summed E-state index contributed by atoms with van der Waals surface area (Å²) in [5, 5.41) is 12.3. The minimum Gasteiger partial charge on any atom is -0.459 e. The van der Waals surface area contributed by atoms with Crippen molar-refractivity contribution in [3.63, 3.8) is 0 Å². The average Bonchev–Trinajstić information content (AvgIpc) is 3.26. The van der Waals surface area contributed by atoms with Crippen LogP contribution < -0.4 is 5.32 Å². The van der Waals surface area contributed by atoms with E-state index in [1.165, 1.54) is 6.26 Å². The highest BCUT2D eigenvalue weighted by molar-refractivity contribution is 6.02. The monoisotopic (exact) mass is 342 g/mol. The van der Waals surface area contributed by atoms with Crippen molar-refractivity contribution >= 4 is 17.5 Å². The molecule has 2 unspecified atom stereocenters. The van der Waals surface area contributed by atoms with Crippen LogP contribution in [0.4, 0.5) is 5.69 Å². The normalized spacial score (nSPS) is 18.2. The van der Waals surface area contributed by atoms with Gasteiger partial charge in [0.1, 0.15) is 0 Å². The summed E-state index contributed by atoms with van der Waals surface area (Å²) in [5.41, 5.74) is 1.17. The Bertz CT molecular complexity index is 722. The molecule has 0 bridgehead atoms. The molecule has 0 spiro atoms. The molecule has 6 heteroatoms.